The number of amidine groups is 2. The summed E-state index contributed by atoms with van der Waals surface area (Å²) < 4.78 is 4.88. The second kappa shape index (κ2) is 12.6. The van der Waals surface area contributed by atoms with E-state index in [0.717, 1.165) is 22.8 Å². The predicted octanol–water partition coefficient (Wildman–Crippen LogP) is 7.39. The molecule has 38 heavy (non-hydrogen) atoms. The van der Waals surface area contributed by atoms with Crippen LogP contribution in [0.5, 0.6) is 0 Å². The number of hydrogen-bond acceptors (Lipinski definition) is 2. The third kappa shape index (κ3) is 10.4. The molecule has 0 heterocycles. The van der Waals surface area contributed by atoms with Crippen molar-refractivity contribution in [1.82, 2.24) is 9.13 Å². The summed E-state index contributed by atoms with van der Waals surface area (Å²) in [7, 11) is 0.923. The minimum Gasteiger partial charge on any atom is -0.375 e. The lowest BCUT2D eigenvalue weighted by molar-refractivity contribution is 0.356. The molecule has 6 heteroatoms. The van der Waals surface area contributed by atoms with Gasteiger partial charge in [-0.1, -0.05) is 72.1 Å². The maximum Gasteiger partial charge on any atom is 0.214 e. The molecule has 0 fully saturated rings. The van der Waals surface area contributed by atoms with E-state index in [1.807, 2.05) is 0 Å². The van der Waals surface area contributed by atoms with Gasteiger partial charge in [0.2, 0.25) is 19.4 Å². The van der Waals surface area contributed by atoms with Gasteiger partial charge in [0.15, 0.2) is 0 Å². The van der Waals surface area contributed by atoms with E-state index in [1.54, 1.807) is 0 Å². The molecule has 2 aromatic carbocycles. The molecule has 0 atom stereocenters. The van der Waals surface area contributed by atoms with Crippen molar-refractivity contribution in [1.29, 1.82) is 0 Å². The molecule has 0 aliphatic carbocycles. The average molecular weight is 545 g/mol. The molecule has 0 unspecified atom stereocenters. The van der Waals surface area contributed by atoms with Gasteiger partial charge in [0.05, 0.1) is 11.1 Å². The van der Waals surface area contributed by atoms with Crippen molar-refractivity contribution in [2.45, 2.75) is 105 Å². The first-order chi connectivity index (χ1) is 17.4. The minimum absolute atomic E-state index is 0.0849. The zero-order chi connectivity index (χ0) is 28.8. The molecule has 4 radical (unpaired) electrons. The van der Waals surface area contributed by atoms with Gasteiger partial charge in [-0.2, -0.15) is 0 Å². The summed E-state index contributed by atoms with van der Waals surface area (Å²) in [5.74, 6) is 2.09. The van der Waals surface area contributed by atoms with Gasteiger partial charge in [0, 0.05) is 22.2 Å². The lowest BCUT2D eigenvalue weighted by Gasteiger charge is -2.39. The van der Waals surface area contributed by atoms with Crippen molar-refractivity contribution in [2.75, 3.05) is 0 Å². The molecule has 0 N–H and O–H groups in total. The van der Waals surface area contributed by atoms with Crippen molar-refractivity contribution >= 4 is 31.0 Å². The molecule has 0 aliphatic heterocycles. The standard InChI is InChI=1S/C32H48N4Si2/c1-29(2,3)33-27(25-19-15-13-16-20-25)35(31(7,8)9)37-23-24-38-36(32(10,11)12)28(34-30(4,5)6)26-21-17-14-18-22-26/h13-24H,1-12H3/b24-23-,33-27?,34-28?. The monoisotopic (exact) mass is 544 g/mol. The molecule has 0 saturated heterocycles. The Morgan fingerprint density at radius 3 is 1.05 bits per heavy atom. The van der Waals surface area contributed by atoms with Crippen LogP contribution in [-0.4, -0.2) is 62.3 Å². The fraction of sp³-hybridized carbons (Fsp3) is 0.500. The smallest absolute Gasteiger partial charge is 0.214 e. The molecule has 204 valence electrons. The molecular weight excluding hydrogens is 497 g/mol. The van der Waals surface area contributed by atoms with Gasteiger partial charge in [-0.05, 0) is 83.1 Å². The van der Waals surface area contributed by atoms with Gasteiger partial charge < -0.3 is 9.13 Å². The number of benzene rings is 2. The Hall–Kier alpha value is -2.45. The summed E-state index contributed by atoms with van der Waals surface area (Å²) in [6, 6.07) is 21.1. The van der Waals surface area contributed by atoms with Crippen LogP contribution in [0.15, 0.2) is 82.0 Å². The highest BCUT2D eigenvalue weighted by Crippen LogP contribution is 2.22. The Morgan fingerprint density at radius 1 is 0.526 bits per heavy atom. The van der Waals surface area contributed by atoms with Gasteiger partial charge in [-0.25, -0.2) is 0 Å². The molecule has 0 spiro atoms. The Labute approximate surface area is 238 Å². The van der Waals surface area contributed by atoms with Gasteiger partial charge >= 0.3 is 0 Å². The number of rotatable bonds is 6. The van der Waals surface area contributed by atoms with E-state index in [0.29, 0.717) is 19.4 Å². The van der Waals surface area contributed by atoms with Crippen LogP contribution < -0.4 is 0 Å². The molecular formula is C32H48N4Si2. The van der Waals surface area contributed by atoms with Crippen LogP contribution >= 0.6 is 0 Å². The van der Waals surface area contributed by atoms with Crippen LogP contribution in [0.4, 0.5) is 0 Å². The first kappa shape index (κ1) is 31.8. The molecule has 2 rings (SSSR count). The van der Waals surface area contributed by atoms with E-state index in [4.69, 9.17) is 9.98 Å². The van der Waals surface area contributed by atoms with Crippen molar-refractivity contribution in [3.63, 3.8) is 0 Å². The van der Waals surface area contributed by atoms with E-state index < -0.39 is 0 Å². The SMILES string of the molecule is CC(C)(C)N=C(c1ccccc1)N([Si]/C=C\[Si]N(C(=NC(C)(C)C)c1ccccc1)C(C)(C)C)C(C)(C)C. The van der Waals surface area contributed by atoms with Crippen LogP contribution in [-0.2, 0) is 0 Å². The predicted molar refractivity (Wildman–Crippen MR) is 169 cm³/mol. The maximum absolute atomic E-state index is 5.20. The van der Waals surface area contributed by atoms with Crippen molar-refractivity contribution in [3.05, 3.63) is 83.2 Å². The van der Waals surface area contributed by atoms with E-state index in [1.165, 1.54) is 0 Å². The van der Waals surface area contributed by atoms with Crippen LogP contribution in [0.2, 0.25) is 0 Å². The molecule has 0 aliphatic rings. The molecule has 0 bridgehead atoms. The Bertz CT molecular complexity index is 1010. The van der Waals surface area contributed by atoms with E-state index in [-0.39, 0.29) is 22.2 Å². The normalized spacial score (nSPS) is 14.2. The first-order valence-corrected chi connectivity index (χ1v) is 15.5. The number of hydrogen-bond donors (Lipinski definition) is 0. The van der Waals surface area contributed by atoms with Gasteiger partial charge in [-0.15, -0.1) is 0 Å². The molecule has 2 aromatic rings. The van der Waals surface area contributed by atoms with Crippen molar-refractivity contribution in [3.8, 4) is 0 Å². The third-order valence-electron chi connectivity index (χ3n) is 5.20. The summed E-state index contributed by atoms with van der Waals surface area (Å²) in [5, 5.41) is 0. The molecule has 0 aromatic heterocycles. The van der Waals surface area contributed by atoms with E-state index >= 15 is 0 Å². The Morgan fingerprint density at radius 2 is 0.816 bits per heavy atom. The summed E-state index contributed by atoms with van der Waals surface area (Å²) in [4.78, 5) is 10.4. The highest BCUT2D eigenvalue weighted by Gasteiger charge is 2.29. The number of aliphatic imine (C=N–C) groups is 2. The Kier molecular flexibility index (Phi) is 10.5. The van der Waals surface area contributed by atoms with E-state index in [2.05, 4.69) is 164 Å². The highest BCUT2D eigenvalue weighted by atomic mass is 28.2. The third-order valence-corrected chi connectivity index (χ3v) is 8.45. The lowest BCUT2D eigenvalue weighted by Crippen LogP contribution is -2.49. The summed E-state index contributed by atoms with van der Waals surface area (Å²) in [6.45, 7) is 26.6. The van der Waals surface area contributed by atoms with Crippen LogP contribution in [0.25, 0.3) is 0 Å². The van der Waals surface area contributed by atoms with Gasteiger partial charge in [-0.3, -0.25) is 9.98 Å². The van der Waals surface area contributed by atoms with E-state index in [9.17, 15) is 0 Å². The van der Waals surface area contributed by atoms with Gasteiger partial charge in [0.25, 0.3) is 0 Å². The minimum atomic E-state index is -0.179. The van der Waals surface area contributed by atoms with Gasteiger partial charge in [0.1, 0.15) is 11.7 Å². The quantitative estimate of drug-likeness (QED) is 0.216. The van der Waals surface area contributed by atoms with Crippen molar-refractivity contribution < 1.29 is 0 Å². The highest BCUT2D eigenvalue weighted by molar-refractivity contribution is 6.50. The van der Waals surface area contributed by atoms with Crippen molar-refractivity contribution in [2.24, 2.45) is 9.98 Å². The zero-order valence-electron chi connectivity index (χ0n) is 25.7. The van der Waals surface area contributed by atoms with Crippen LogP contribution in [0.3, 0.4) is 0 Å². The lowest BCUT2D eigenvalue weighted by atomic mass is 10.1. The zero-order valence-corrected chi connectivity index (χ0v) is 27.7. The van der Waals surface area contributed by atoms with Crippen LogP contribution in [0, 0.1) is 0 Å². The summed E-state index contributed by atoms with van der Waals surface area (Å²) in [6.07, 6.45) is 0. The fourth-order valence-corrected chi connectivity index (χ4v) is 5.94. The second-order valence-electron chi connectivity index (χ2n) is 13.5. The average Bonchev–Trinajstić information content (AvgIpc) is 2.77. The second-order valence-corrected chi connectivity index (χ2v) is 15.6. The Balaban J connectivity index is 2.44. The number of nitrogens with zero attached hydrogens (tertiary/aromatic N) is 4. The maximum atomic E-state index is 5.20. The fourth-order valence-electron chi connectivity index (χ4n) is 3.67. The summed E-state index contributed by atoms with van der Waals surface area (Å²) in [5.41, 5.74) is 6.42. The largest absolute Gasteiger partial charge is 0.375 e. The molecule has 0 amide bonds. The topological polar surface area (TPSA) is 31.2 Å². The molecule has 4 nitrogen and oxygen atoms in total. The molecule has 0 saturated carbocycles. The van der Waals surface area contributed by atoms with Crippen LogP contribution in [0.1, 0.15) is 94.2 Å². The first-order valence-electron chi connectivity index (χ1n) is 13.5. The summed E-state index contributed by atoms with van der Waals surface area (Å²) >= 11 is 0.